The molecule has 7 nitrogen and oxygen atoms in total. The van der Waals surface area contributed by atoms with Crippen molar-refractivity contribution in [2.24, 2.45) is 0 Å². The highest BCUT2D eigenvalue weighted by atomic mass is 35.5. The van der Waals surface area contributed by atoms with Crippen LogP contribution in [0.15, 0.2) is 54.1 Å². The van der Waals surface area contributed by atoms with Gasteiger partial charge in [-0.1, -0.05) is 29.3 Å². The van der Waals surface area contributed by atoms with Crippen molar-refractivity contribution in [1.29, 1.82) is 0 Å². The predicted octanol–water partition coefficient (Wildman–Crippen LogP) is 4.93. The normalized spacial score (nSPS) is 15.1. The molecule has 2 heterocycles. The molecule has 0 spiro atoms. The van der Waals surface area contributed by atoms with Crippen molar-refractivity contribution < 1.29 is 19.5 Å². The second-order valence-corrected chi connectivity index (χ2v) is 8.80. The molecule has 0 saturated carbocycles. The molecule has 1 aliphatic rings. The number of carboxylic acids is 1. The van der Waals surface area contributed by atoms with E-state index in [1.807, 2.05) is 24.5 Å². The summed E-state index contributed by atoms with van der Waals surface area (Å²) >= 11 is 17.4. The van der Waals surface area contributed by atoms with Crippen LogP contribution in [0, 0.1) is 13.8 Å². The van der Waals surface area contributed by atoms with E-state index in [0.717, 1.165) is 11.4 Å². The number of nitrogens with one attached hydrogen (secondary N) is 1. The van der Waals surface area contributed by atoms with E-state index < -0.39 is 17.8 Å². The Morgan fingerprint density at radius 2 is 1.79 bits per heavy atom. The summed E-state index contributed by atoms with van der Waals surface area (Å²) in [6.45, 7) is 3.67. The summed E-state index contributed by atoms with van der Waals surface area (Å²) in [4.78, 5) is 38.4. The first-order valence-electron chi connectivity index (χ1n) is 9.97. The van der Waals surface area contributed by atoms with Crippen LogP contribution in [0.5, 0.6) is 0 Å². The first-order valence-corrected chi connectivity index (χ1v) is 11.1. The molecule has 1 fully saturated rings. The van der Waals surface area contributed by atoms with Crippen LogP contribution >= 0.6 is 35.4 Å². The Labute approximate surface area is 210 Å². The summed E-state index contributed by atoms with van der Waals surface area (Å²) in [5.74, 6) is -2.30. The number of thiocarbonyl (C=S) groups is 1. The average molecular weight is 514 g/mol. The molecule has 2 aromatic carbocycles. The number of benzene rings is 2. The number of amides is 2. The molecule has 1 saturated heterocycles. The summed E-state index contributed by atoms with van der Waals surface area (Å²) in [6, 6.07) is 13.0. The van der Waals surface area contributed by atoms with Gasteiger partial charge in [0.25, 0.3) is 11.8 Å². The van der Waals surface area contributed by atoms with Gasteiger partial charge in [-0.15, -0.1) is 0 Å². The number of aryl methyl sites for hydroxylation is 1. The largest absolute Gasteiger partial charge is 0.478 e. The van der Waals surface area contributed by atoms with Crippen LogP contribution in [0.25, 0.3) is 11.8 Å². The Kier molecular flexibility index (Phi) is 6.31. The van der Waals surface area contributed by atoms with Gasteiger partial charge in [-0.2, -0.15) is 0 Å². The third-order valence-corrected chi connectivity index (χ3v) is 6.21. The first-order chi connectivity index (χ1) is 16.1. The van der Waals surface area contributed by atoms with Crippen LogP contribution in [-0.2, 0) is 9.59 Å². The van der Waals surface area contributed by atoms with Crippen LogP contribution in [0.4, 0.5) is 5.69 Å². The molecule has 0 radical (unpaired) electrons. The second-order valence-electron chi connectivity index (χ2n) is 7.57. The zero-order chi connectivity index (χ0) is 24.7. The molecule has 1 aromatic heterocycles. The van der Waals surface area contributed by atoms with Crippen LogP contribution in [0.2, 0.25) is 10.0 Å². The lowest BCUT2D eigenvalue weighted by molar-refractivity contribution is -0.122. The van der Waals surface area contributed by atoms with E-state index in [1.165, 1.54) is 17.0 Å². The predicted molar refractivity (Wildman–Crippen MR) is 135 cm³/mol. The average Bonchev–Trinajstić information content (AvgIpc) is 3.03. The van der Waals surface area contributed by atoms with Crippen molar-refractivity contribution >= 4 is 70.1 Å². The van der Waals surface area contributed by atoms with Crippen molar-refractivity contribution in [2.75, 3.05) is 4.90 Å². The Morgan fingerprint density at radius 3 is 2.44 bits per heavy atom. The van der Waals surface area contributed by atoms with Crippen LogP contribution in [0.3, 0.4) is 0 Å². The van der Waals surface area contributed by atoms with Gasteiger partial charge in [-0.25, -0.2) is 4.79 Å². The third kappa shape index (κ3) is 4.23. The molecule has 10 heteroatoms. The van der Waals surface area contributed by atoms with Gasteiger partial charge >= 0.3 is 5.97 Å². The second kappa shape index (κ2) is 9.06. The molecular weight excluding hydrogens is 497 g/mol. The number of carboxylic acid groups (broad SMARTS) is 1. The van der Waals surface area contributed by atoms with Crippen molar-refractivity contribution in [3.8, 4) is 5.69 Å². The fraction of sp³-hybridized carbons (Fsp3) is 0.0833. The maximum Gasteiger partial charge on any atom is 0.337 e. The Hall–Kier alpha value is -3.46. The Bertz CT molecular complexity index is 1430. The van der Waals surface area contributed by atoms with E-state index in [-0.39, 0.29) is 21.3 Å². The number of hydrogen-bond acceptors (Lipinski definition) is 4. The van der Waals surface area contributed by atoms with Gasteiger partial charge in [0.15, 0.2) is 5.11 Å². The van der Waals surface area contributed by atoms with E-state index in [4.69, 9.17) is 35.4 Å². The summed E-state index contributed by atoms with van der Waals surface area (Å²) in [7, 11) is 0. The molecule has 3 aromatic rings. The molecule has 172 valence electrons. The number of anilines is 1. The fourth-order valence-corrected chi connectivity index (χ4v) is 4.53. The summed E-state index contributed by atoms with van der Waals surface area (Å²) in [5.41, 5.74) is 3.16. The zero-order valence-corrected chi connectivity index (χ0v) is 20.3. The van der Waals surface area contributed by atoms with Crippen LogP contribution in [0.1, 0.15) is 27.3 Å². The summed E-state index contributed by atoms with van der Waals surface area (Å²) in [6.07, 6.45) is 1.50. The first kappa shape index (κ1) is 23.7. The Morgan fingerprint density at radius 1 is 1.06 bits per heavy atom. The highest BCUT2D eigenvalue weighted by Gasteiger charge is 2.34. The van der Waals surface area contributed by atoms with Gasteiger partial charge in [0.1, 0.15) is 5.57 Å². The molecule has 34 heavy (non-hydrogen) atoms. The Balaban J connectivity index is 1.76. The standard InChI is InChI=1S/C24H17Cl2N3O4S/c1-12-8-14(13(2)28(12)17-6-7-18(23(32)33)20(26)11-17)9-19-21(30)27-24(34)29(22(19)31)16-5-3-4-15(25)10-16/h3-11H,1-2H3,(H,32,33)(H,27,30,34)/b19-9+. The maximum absolute atomic E-state index is 13.3. The van der Waals surface area contributed by atoms with E-state index in [0.29, 0.717) is 22.0 Å². The molecular formula is C24H17Cl2N3O4S. The number of nitrogens with zero attached hydrogens (tertiary/aromatic N) is 2. The van der Waals surface area contributed by atoms with Crippen molar-refractivity contribution in [3.05, 3.63) is 86.7 Å². The van der Waals surface area contributed by atoms with Gasteiger partial charge in [0, 0.05) is 22.1 Å². The smallest absolute Gasteiger partial charge is 0.337 e. The van der Waals surface area contributed by atoms with E-state index in [9.17, 15) is 19.5 Å². The number of aromatic nitrogens is 1. The van der Waals surface area contributed by atoms with E-state index >= 15 is 0 Å². The molecule has 0 unspecified atom stereocenters. The molecule has 4 rings (SSSR count). The number of halogens is 2. The van der Waals surface area contributed by atoms with E-state index in [1.54, 1.807) is 36.4 Å². The summed E-state index contributed by atoms with van der Waals surface area (Å²) in [5, 5.41) is 12.3. The monoisotopic (exact) mass is 513 g/mol. The molecule has 0 aliphatic carbocycles. The van der Waals surface area contributed by atoms with Crippen LogP contribution < -0.4 is 10.2 Å². The lowest BCUT2D eigenvalue weighted by atomic mass is 10.1. The molecule has 0 bridgehead atoms. The van der Waals surface area contributed by atoms with Crippen molar-refractivity contribution in [2.45, 2.75) is 13.8 Å². The molecule has 0 atom stereocenters. The molecule has 2 amide bonds. The number of aromatic carboxylic acids is 1. The van der Waals surface area contributed by atoms with Gasteiger partial charge < -0.3 is 9.67 Å². The highest BCUT2D eigenvalue weighted by Crippen LogP contribution is 2.28. The van der Waals surface area contributed by atoms with Crippen molar-refractivity contribution in [1.82, 2.24) is 9.88 Å². The number of carbonyl (C=O) groups excluding carboxylic acids is 2. The fourth-order valence-electron chi connectivity index (χ4n) is 3.81. The minimum atomic E-state index is -1.12. The maximum atomic E-state index is 13.3. The topological polar surface area (TPSA) is 91.6 Å². The zero-order valence-electron chi connectivity index (χ0n) is 17.9. The lowest BCUT2D eigenvalue weighted by Crippen LogP contribution is -2.54. The van der Waals surface area contributed by atoms with Gasteiger partial charge in [0.05, 0.1) is 16.3 Å². The number of rotatable bonds is 4. The lowest BCUT2D eigenvalue weighted by Gasteiger charge is -2.29. The van der Waals surface area contributed by atoms with Gasteiger partial charge in [-0.05, 0) is 80.2 Å². The third-order valence-electron chi connectivity index (χ3n) is 5.38. The van der Waals surface area contributed by atoms with E-state index in [2.05, 4.69) is 5.32 Å². The van der Waals surface area contributed by atoms with Crippen LogP contribution in [-0.4, -0.2) is 32.6 Å². The number of carbonyl (C=O) groups is 3. The quantitative estimate of drug-likeness (QED) is 0.293. The highest BCUT2D eigenvalue weighted by molar-refractivity contribution is 7.80. The molecule has 1 aliphatic heterocycles. The summed E-state index contributed by atoms with van der Waals surface area (Å²) < 4.78 is 1.86. The molecule has 2 N–H and O–H groups in total. The minimum Gasteiger partial charge on any atom is -0.478 e. The van der Waals surface area contributed by atoms with Gasteiger partial charge in [-0.3, -0.25) is 19.8 Å². The SMILES string of the molecule is Cc1cc(/C=C2\C(=O)NC(=S)N(c3cccc(Cl)c3)C2=O)c(C)n1-c1ccc(C(=O)O)c(Cl)c1. The van der Waals surface area contributed by atoms with Gasteiger partial charge in [0.2, 0.25) is 0 Å². The van der Waals surface area contributed by atoms with Crippen molar-refractivity contribution in [3.63, 3.8) is 0 Å². The minimum absolute atomic E-state index is 0.00299. The number of hydrogen-bond donors (Lipinski definition) is 2.